The predicted octanol–water partition coefficient (Wildman–Crippen LogP) is 3.09. The van der Waals surface area contributed by atoms with E-state index in [9.17, 15) is 0 Å². The number of ether oxygens (including phenoxy) is 2. The maximum Gasteiger partial charge on any atom is 0.161 e. The Bertz CT molecular complexity index is 476. The Labute approximate surface area is 134 Å². The van der Waals surface area contributed by atoms with Gasteiger partial charge in [0.15, 0.2) is 11.5 Å². The molecule has 1 aromatic rings. The third-order valence-corrected chi connectivity index (χ3v) is 4.14. The number of nitrogens with one attached hydrogen (secondary N) is 1. The van der Waals surface area contributed by atoms with Crippen molar-refractivity contribution in [3.63, 3.8) is 0 Å². The van der Waals surface area contributed by atoms with Crippen LogP contribution in [0, 0.1) is 5.41 Å². The van der Waals surface area contributed by atoms with Gasteiger partial charge in [-0.25, -0.2) is 0 Å². The molecule has 4 heteroatoms. The average molecular weight is 306 g/mol. The van der Waals surface area contributed by atoms with Gasteiger partial charge in [0, 0.05) is 32.2 Å². The van der Waals surface area contributed by atoms with Crippen LogP contribution < -0.4 is 14.8 Å². The molecule has 0 unspecified atom stereocenters. The molecular weight excluding hydrogens is 276 g/mol. The summed E-state index contributed by atoms with van der Waals surface area (Å²) in [5.74, 6) is 1.64. The molecule has 1 atom stereocenters. The van der Waals surface area contributed by atoms with E-state index in [2.05, 4.69) is 43.1 Å². The fourth-order valence-electron chi connectivity index (χ4n) is 3.33. The minimum Gasteiger partial charge on any atom is -0.493 e. The third kappa shape index (κ3) is 3.93. The molecule has 4 nitrogen and oxygen atoms in total. The number of methoxy groups -OCH3 is 1. The lowest BCUT2D eigenvalue weighted by Gasteiger charge is -2.42. The first-order valence-electron chi connectivity index (χ1n) is 8.23. The van der Waals surface area contributed by atoms with Gasteiger partial charge in [-0.05, 0) is 30.0 Å². The fraction of sp³-hybridized carbons (Fsp3) is 0.667. The zero-order valence-electron chi connectivity index (χ0n) is 14.6. The standard InChI is InChI=1S/C18H30N2O2/c1-6-22-15-8-7-14(13-16(15)21-5)17(18(2,3)4)20-11-9-19-10-12-20/h7-8,13,17,19H,6,9-12H2,1-5H3/t17-/m0/s1. The lowest BCUT2D eigenvalue weighted by molar-refractivity contribution is 0.0860. The second kappa shape index (κ2) is 7.34. The van der Waals surface area contributed by atoms with Crippen LogP contribution in [-0.4, -0.2) is 44.8 Å². The van der Waals surface area contributed by atoms with Crippen LogP contribution in [0.3, 0.4) is 0 Å². The first-order valence-corrected chi connectivity index (χ1v) is 8.23. The Kier molecular flexibility index (Phi) is 5.70. The van der Waals surface area contributed by atoms with E-state index < -0.39 is 0 Å². The maximum atomic E-state index is 5.65. The topological polar surface area (TPSA) is 33.7 Å². The zero-order chi connectivity index (χ0) is 16.2. The molecule has 0 saturated carbocycles. The van der Waals surface area contributed by atoms with Gasteiger partial charge in [-0.1, -0.05) is 26.8 Å². The number of benzene rings is 1. The number of rotatable bonds is 5. The molecule has 0 spiro atoms. The number of hydrogen-bond donors (Lipinski definition) is 1. The highest BCUT2D eigenvalue weighted by Crippen LogP contribution is 2.41. The molecule has 1 fully saturated rings. The maximum absolute atomic E-state index is 5.65. The van der Waals surface area contributed by atoms with E-state index in [1.165, 1.54) is 5.56 Å². The summed E-state index contributed by atoms with van der Waals surface area (Å²) in [5, 5.41) is 3.43. The van der Waals surface area contributed by atoms with Gasteiger partial charge in [0.1, 0.15) is 0 Å². The minimum absolute atomic E-state index is 0.162. The van der Waals surface area contributed by atoms with Crippen LogP contribution in [0.1, 0.15) is 39.3 Å². The Morgan fingerprint density at radius 3 is 2.41 bits per heavy atom. The normalized spacial score (nSPS) is 18.0. The number of hydrogen-bond acceptors (Lipinski definition) is 4. The summed E-state index contributed by atoms with van der Waals surface area (Å²) in [6, 6.07) is 6.74. The summed E-state index contributed by atoms with van der Waals surface area (Å²) in [7, 11) is 1.71. The molecule has 124 valence electrons. The summed E-state index contributed by atoms with van der Waals surface area (Å²) in [4.78, 5) is 2.58. The van der Waals surface area contributed by atoms with Gasteiger partial charge in [-0.2, -0.15) is 0 Å². The summed E-state index contributed by atoms with van der Waals surface area (Å²) < 4.78 is 11.2. The van der Waals surface area contributed by atoms with Crippen molar-refractivity contribution in [1.29, 1.82) is 0 Å². The van der Waals surface area contributed by atoms with Crippen molar-refractivity contribution in [3.8, 4) is 11.5 Å². The van der Waals surface area contributed by atoms with Crippen molar-refractivity contribution < 1.29 is 9.47 Å². The first kappa shape index (κ1) is 17.1. The SMILES string of the molecule is CCOc1ccc([C@H](N2CCNCC2)C(C)(C)C)cc1OC. The first-order chi connectivity index (χ1) is 10.5. The summed E-state index contributed by atoms with van der Waals surface area (Å²) in [6.45, 7) is 13.8. The van der Waals surface area contributed by atoms with E-state index in [1.807, 2.05) is 13.0 Å². The van der Waals surface area contributed by atoms with Gasteiger partial charge < -0.3 is 14.8 Å². The van der Waals surface area contributed by atoms with Crippen molar-refractivity contribution >= 4 is 0 Å². The van der Waals surface area contributed by atoms with Gasteiger partial charge in [0.25, 0.3) is 0 Å². The van der Waals surface area contributed by atoms with E-state index in [4.69, 9.17) is 9.47 Å². The largest absolute Gasteiger partial charge is 0.493 e. The van der Waals surface area contributed by atoms with Crippen molar-refractivity contribution in [3.05, 3.63) is 23.8 Å². The Hall–Kier alpha value is -1.26. The quantitative estimate of drug-likeness (QED) is 0.906. The smallest absolute Gasteiger partial charge is 0.161 e. The average Bonchev–Trinajstić information content (AvgIpc) is 2.49. The summed E-state index contributed by atoms with van der Waals surface area (Å²) in [5.41, 5.74) is 1.46. The highest BCUT2D eigenvalue weighted by molar-refractivity contribution is 5.44. The van der Waals surface area contributed by atoms with Crippen LogP contribution in [0.25, 0.3) is 0 Å². The van der Waals surface area contributed by atoms with E-state index in [1.54, 1.807) is 7.11 Å². The third-order valence-electron chi connectivity index (χ3n) is 4.14. The molecule has 0 aromatic heterocycles. The van der Waals surface area contributed by atoms with Crippen molar-refractivity contribution in [2.75, 3.05) is 39.9 Å². The molecular formula is C18H30N2O2. The van der Waals surface area contributed by atoms with Gasteiger partial charge in [0.05, 0.1) is 13.7 Å². The molecule has 1 heterocycles. The number of piperazine rings is 1. The molecule has 0 radical (unpaired) electrons. The van der Waals surface area contributed by atoms with E-state index in [0.29, 0.717) is 12.6 Å². The second-order valence-corrected chi connectivity index (χ2v) is 6.90. The van der Waals surface area contributed by atoms with Crippen molar-refractivity contribution in [2.24, 2.45) is 5.41 Å². The van der Waals surface area contributed by atoms with Crippen LogP contribution >= 0.6 is 0 Å². The highest BCUT2D eigenvalue weighted by atomic mass is 16.5. The molecule has 1 aromatic carbocycles. The molecule has 2 rings (SSSR count). The molecule has 0 aliphatic carbocycles. The summed E-state index contributed by atoms with van der Waals surface area (Å²) in [6.07, 6.45) is 0. The lowest BCUT2D eigenvalue weighted by atomic mass is 9.81. The minimum atomic E-state index is 0.162. The summed E-state index contributed by atoms with van der Waals surface area (Å²) >= 11 is 0. The molecule has 22 heavy (non-hydrogen) atoms. The van der Waals surface area contributed by atoms with Gasteiger partial charge in [0.2, 0.25) is 0 Å². The molecule has 1 N–H and O–H groups in total. The van der Waals surface area contributed by atoms with Gasteiger partial charge >= 0.3 is 0 Å². The Balaban J connectivity index is 2.34. The van der Waals surface area contributed by atoms with Crippen molar-refractivity contribution in [1.82, 2.24) is 10.2 Å². The van der Waals surface area contributed by atoms with Crippen LogP contribution in [0.2, 0.25) is 0 Å². The Morgan fingerprint density at radius 1 is 1.18 bits per heavy atom. The van der Waals surface area contributed by atoms with E-state index in [0.717, 1.165) is 37.7 Å². The monoisotopic (exact) mass is 306 g/mol. The van der Waals surface area contributed by atoms with E-state index >= 15 is 0 Å². The van der Waals surface area contributed by atoms with Crippen molar-refractivity contribution in [2.45, 2.75) is 33.7 Å². The molecule has 1 aliphatic rings. The highest BCUT2D eigenvalue weighted by Gasteiger charge is 2.33. The van der Waals surface area contributed by atoms with E-state index in [-0.39, 0.29) is 5.41 Å². The molecule has 0 bridgehead atoms. The lowest BCUT2D eigenvalue weighted by Crippen LogP contribution is -2.48. The second-order valence-electron chi connectivity index (χ2n) is 6.90. The van der Waals surface area contributed by atoms with Crippen LogP contribution in [0.5, 0.6) is 11.5 Å². The van der Waals surface area contributed by atoms with Gasteiger partial charge in [-0.3, -0.25) is 4.90 Å². The zero-order valence-corrected chi connectivity index (χ0v) is 14.6. The van der Waals surface area contributed by atoms with Crippen LogP contribution in [0.15, 0.2) is 18.2 Å². The van der Waals surface area contributed by atoms with Crippen LogP contribution in [0.4, 0.5) is 0 Å². The predicted molar refractivity (Wildman–Crippen MR) is 90.8 cm³/mol. The van der Waals surface area contributed by atoms with Crippen LogP contribution in [-0.2, 0) is 0 Å². The molecule has 1 aliphatic heterocycles. The fourth-order valence-corrected chi connectivity index (χ4v) is 3.33. The molecule has 0 amide bonds. The van der Waals surface area contributed by atoms with Gasteiger partial charge in [-0.15, -0.1) is 0 Å². The number of nitrogens with zero attached hydrogens (tertiary/aromatic N) is 1. The molecule has 1 saturated heterocycles. The Morgan fingerprint density at radius 2 is 1.86 bits per heavy atom.